The van der Waals surface area contributed by atoms with Crippen LogP contribution in [-0.4, -0.2) is 23.9 Å². The normalized spacial score (nSPS) is 7.50. The number of halogens is 2. The van der Waals surface area contributed by atoms with E-state index in [1.165, 1.54) is 0 Å². The molecule has 0 amide bonds. The summed E-state index contributed by atoms with van der Waals surface area (Å²) in [4.78, 5) is 0. The standard InChI is InChI=1S/CH2Cl.ClH.Sn/c1-2;;/h1H2;1H;/q;;+1/p-1. The van der Waals surface area contributed by atoms with Crippen molar-refractivity contribution < 1.29 is 0 Å². The van der Waals surface area contributed by atoms with E-state index in [9.17, 15) is 0 Å². The molecule has 0 N–H and O–H groups in total. The summed E-state index contributed by atoms with van der Waals surface area (Å²) < 4.78 is 0.727. The molecule has 0 spiro atoms. The third kappa shape index (κ3) is 3.38. The molecule has 2 radical (unpaired) electrons. The molecule has 0 nitrogen and oxygen atoms in total. The van der Waals surface area contributed by atoms with Gasteiger partial charge in [-0.1, -0.05) is 0 Å². The molecule has 0 fully saturated rings. The van der Waals surface area contributed by atoms with Gasteiger partial charge in [0.15, 0.2) is 0 Å². The van der Waals surface area contributed by atoms with Crippen LogP contribution in [0, 0.1) is 0 Å². The zero-order chi connectivity index (χ0) is 3.41. The fraction of sp³-hybridized carbons (Fsp3) is 1.00. The van der Waals surface area contributed by atoms with Crippen LogP contribution >= 0.6 is 20.5 Å². The molecule has 0 aliphatic rings. The van der Waals surface area contributed by atoms with E-state index in [1.54, 1.807) is 0 Å². The van der Waals surface area contributed by atoms with Gasteiger partial charge in [0.2, 0.25) is 0 Å². The fourth-order valence-electron chi connectivity index (χ4n) is 0. The van der Waals surface area contributed by atoms with Crippen molar-refractivity contribution in [2.75, 3.05) is 3.90 Å². The van der Waals surface area contributed by atoms with Crippen molar-refractivity contribution in [1.82, 2.24) is 0 Å². The zero-order valence-corrected chi connectivity index (χ0v) is 6.33. The van der Waals surface area contributed by atoms with Gasteiger partial charge < -0.3 is 0 Å². The van der Waals surface area contributed by atoms with Gasteiger partial charge in [-0.05, 0) is 0 Å². The van der Waals surface area contributed by atoms with Gasteiger partial charge in [-0.25, -0.2) is 0 Å². The summed E-state index contributed by atoms with van der Waals surface area (Å²) >= 11 is 4.59. The molecule has 0 rings (SSSR count). The fourth-order valence-corrected chi connectivity index (χ4v) is 0. The van der Waals surface area contributed by atoms with E-state index in [0.717, 1.165) is 3.90 Å². The summed E-state index contributed by atoms with van der Waals surface area (Å²) in [6.45, 7) is 0. The third-order valence-corrected chi connectivity index (χ3v) is 3.05. The summed E-state index contributed by atoms with van der Waals surface area (Å²) in [5.41, 5.74) is 0. The average molecular weight is 204 g/mol. The summed E-state index contributed by atoms with van der Waals surface area (Å²) in [5.74, 6) is 0. The molecule has 0 aromatic heterocycles. The Bertz CT molecular complexity index is 8.00. The Morgan fingerprint density at radius 1 is 1.75 bits per heavy atom. The molecule has 0 aromatic rings. The maximum absolute atomic E-state index is 5.22. The number of hydrogen-bond donors (Lipinski definition) is 0. The summed E-state index contributed by atoms with van der Waals surface area (Å²) in [7, 11) is 5.22. The van der Waals surface area contributed by atoms with Gasteiger partial charge in [0.1, 0.15) is 0 Å². The monoisotopic (exact) mass is 204 g/mol. The van der Waals surface area contributed by atoms with Crippen molar-refractivity contribution in [2.45, 2.75) is 0 Å². The molecule has 0 bridgehead atoms. The second-order valence-corrected chi connectivity index (χ2v) is 5.38. The Hall–Kier alpha value is 1.38. The van der Waals surface area contributed by atoms with Gasteiger partial charge in [0.25, 0.3) is 0 Å². The predicted molar refractivity (Wildman–Crippen MR) is 22.3 cm³/mol. The van der Waals surface area contributed by atoms with E-state index in [0.29, 0.717) is 0 Å². The van der Waals surface area contributed by atoms with Crippen LogP contribution in [0.25, 0.3) is 0 Å². The van der Waals surface area contributed by atoms with Crippen molar-refractivity contribution in [1.29, 1.82) is 0 Å². The van der Waals surface area contributed by atoms with Gasteiger partial charge in [-0.15, -0.1) is 0 Å². The molecule has 4 heavy (non-hydrogen) atoms. The van der Waals surface area contributed by atoms with Crippen LogP contribution in [0.15, 0.2) is 0 Å². The molecule has 0 heterocycles. The molecule has 0 aromatic carbocycles. The number of alkyl halides is 1. The van der Waals surface area contributed by atoms with E-state index in [-0.39, 0.29) is 0 Å². The summed E-state index contributed by atoms with van der Waals surface area (Å²) in [6, 6.07) is 0. The second-order valence-electron chi connectivity index (χ2n) is 0.267. The Morgan fingerprint density at radius 2 is 2.00 bits per heavy atom. The maximum atomic E-state index is 5.22. The van der Waals surface area contributed by atoms with Gasteiger partial charge >= 0.3 is 44.4 Å². The van der Waals surface area contributed by atoms with Gasteiger partial charge in [-0.3, -0.25) is 0 Å². The van der Waals surface area contributed by atoms with Gasteiger partial charge in [0.05, 0.1) is 0 Å². The van der Waals surface area contributed by atoms with E-state index in [4.69, 9.17) is 20.5 Å². The van der Waals surface area contributed by atoms with Crippen LogP contribution < -0.4 is 0 Å². The van der Waals surface area contributed by atoms with Crippen LogP contribution in [0.1, 0.15) is 0 Å². The van der Waals surface area contributed by atoms with E-state index >= 15 is 0 Å². The molecule has 3 heteroatoms. The summed E-state index contributed by atoms with van der Waals surface area (Å²) in [5, 5.41) is 0. The molecular formula is CH2Cl2Sn. The molecule has 0 aliphatic heterocycles. The first kappa shape index (κ1) is 5.38. The van der Waals surface area contributed by atoms with Crippen molar-refractivity contribution in [3.8, 4) is 0 Å². The number of rotatable bonds is 1. The SMILES string of the molecule is Cl[CH2][Sn][Cl]. The second kappa shape index (κ2) is 4.38. The molecular weight excluding hydrogens is 202 g/mol. The van der Waals surface area contributed by atoms with E-state index in [2.05, 4.69) is 0 Å². The number of hydrogen-bond acceptors (Lipinski definition) is 0. The molecule has 0 unspecified atom stereocenters. The average Bonchev–Trinajstić information content (AvgIpc) is 1.37. The van der Waals surface area contributed by atoms with Crippen molar-refractivity contribution in [3.63, 3.8) is 0 Å². The Kier molecular flexibility index (Phi) is 5.89. The van der Waals surface area contributed by atoms with Crippen LogP contribution in [0.3, 0.4) is 0 Å². The predicted octanol–water partition coefficient (Wildman–Crippen LogP) is 1.04. The third-order valence-electron chi connectivity index (χ3n) is 0.0505. The van der Waals surface area contributed by atoms with E-state index in [1.807, 2.05) is 0 Å². The quantitative estimate of drug-likeness (QED) is 0.441. The minimum absolute atomic E-state index is 0.538. The van der Waals surface area contributed by atoms with Crippen LogP contribution in [0.5, 0.6) is 0 Å². The van der Waals surface area contributed by atoms with Crippen LogP contribution in [0.4, 0.5) is 0 Å². The molecule has 0 saturated heterocycles. The summed E-state index contributed by atoms with van der Waals surface area (Å²) in [6.07, 6.45) is 0. The molecule has 0 aliphatic carbocycles. The topological polar surface area (TPSA) is 0 Å². The first-order valence-corrected chi connectivity index (χ1v) is 6.98. The first-order chi connectivity index (χ1) is 1.91. The molecule has 0 saturated carbocycles. The van der Waals surface area contributed by atoms with Crippen molar-refractivity contribution >= 4 is 40.5 Å². The Balaban J connectivity index is 1.97. The van der Waals surface area contributed by atoms with Crippen molar-refractivity contribution in [3.05, 3.63) is 0 Å². The molecule has 24 valence electrons. The Labute approximate surface area is 44.4 Å². The Morgan fingerprint density at radius 3 is 2.00 bits per heavy atom. The minimum atomic E-state index is -0.538. The van der Waals surface area contributed by atoms with Gasteiger partial charge in [-0.2, -0.15) is 0 Å². The zero-order valence-electron chi connectivity index (χ0n) is 1.96. The van der Waals surface area contributed by atoms with Crippen molar-refractivity contribution in [2.24, 2.45) is 0 Å². The first-order valence-electron chi connectivity index (χ1n) is 0.810. The molecule has 0 atom stereocenters. The van der Waals surface area contributed by atoms with E-state index < -0.39 is 20.0 Å². The van der Waals surface area contributed by atoms with Crippen LogP contribution in [-0.2, 0) is 0 Å². The van der Waals surface area contributed by atoms with Crippen LogP contribution in [0.2, 0.25) is 0 Å². The van der Waals surface area contributed by atoms with Gasteiger partial charge in [0, 0.05) is 0 Å².